The summed E-state index contributed by atoms with van der Waals surface area (Å²) in [6.45, 7) is 4.07. The van der Waals surface area contributed by atoms with E-state index in [0.29, 0.717) is 12.5 Å². The molecule has 0 bridgehead atoms. The minimum atomic E-state index is 0.401. The zero-order valence-electron chi connectivity index (χ0n) is 12.6. The maximum Gasteiger partial charge on any atom is 0.223 e. The molecule has 4 heteroatoms. The second-order valence-electron chi connectivity index (χ2n) is 4.91. The van der Waals surface area contributed by atoms with Gasteiger partial charge >= 0.3 is 0 Å². The molecular formula is C19H17N3O. The molecule has 0 fully saturated rings. The molecule has 0 saturated heterocycles. The molecule has 1 heterocycles. The molecular weight excluding hydrogens is 286 g/mol. The van der Waals surface area contributed by atoms with Gasteiger partial charge in [0.05, 0.1) is 23.0 Å². The lowest BCUT2D eigenvalue weighted by atomic mass is 10.1. The van der Waals surface area contributed by atoms with E-state index in [1.807, 2.05) is 60.7 Å². The Hall–Kier alpha value is -3.14. The summed E-state index contributed by atoms with van der Waals surface area (Å²) in [6, 6.07) is 19.7. The standard InChI is InChI=1S/C19H17N3O/c1-2-12-23-19-16(13-15-8-6-7-11-18(15)21-19)14-20-22-17-9-4-3-5-10-17/h2-11,13-14,22H,1,12H2/b20-14+. The molecule has 114 valence electrons. The molecule has 1 N–H and O–H groups in total. The summed E-state index contributed by atoms with van der Waals surface area (Å²) in [5.41, 5.74) is 5.62. The van der Waals surface area contributed by atoms with Crippen molar-refractivity contribution in [3.63, 3.8) is 0 Å². The smallest absolute Gasteiger partial charge is 0.223 e. The first-order valence-electron chi connectivity index (χ1n) is 7.34. The van der Waals surface area contributed by atoms with E-state index in [4.69, 9.17) is 4.74 Å². The third-order valence-electron chi connectivity index (χ3n) is 3.23. The number of benzene rings is 2. The van der Waals surface area contributed by atoms with Crippen molar-refractivity contribution < 1.29 is 4.74 Å². The van der Waals surface area contributed by atoms with Crippen molar-refractivity contribution in [2.45, 2.75) is 0 Å². The third kappa shape index (κ3) is 3.74. The van der Waals surface area contributed by atoms with Gasteiger partial charge in [0, 0.05) is 5.39 Å². The van der Waals surface area contributed by atoms with Gasteiger partial charge in [-0.05, 0) is 24.3 Å². The Balaban J connectivity index is 1.89. The van der Waals surface area contributed by atoms with E-state index in [0.717, 1.165) is 22.2 Å². The number of anilines is 1. The summed E-state index contributed by atoms with van der Waals surface area (Å²) >= 11 is 0. The second kappa shape index (κ2) is 7.22. The summed E-state index contributed by atoms with van der Waals surface area (Å²) in [5.74, 6) is 0.544. The first-order valence-corrected chi connectivity index (χ1v) is 7.34. The molecule has 0 spiro atoms. The Labute approximate surface area is 135 Å². The molecule has 1 aromatic heterocycles. The van der Waals surface area contributed by atoms with Crippen LogP contribution in [0.15, 0.2) is 78.4 Å². The Bertz CT molecular complexity index is 828. The minimum absolute atomic E-state index is 0.401. The highest BCUT2D eigenvalue weighted by atomic mass is 16.5. The fraction of sp³-hybridized carbons (Fsp3) is 0.0526. The van der Waals surface area contributed by atoms with Gasteiger partial charge in [-0.3, -0.25) is 5.43 Å². The number of para-hydroxylation sites is 2. The summed E-state index contributed by atoms with van der Waals surface area (Å²) < 4.78 is 5.65. The molecule has 0 aliphatic carbocycles. The maximum atomic E-state index is 5.65. The average Bonchev–Trinajstić information content (AvgIpc) is 2.60. The highest BCUT2D eigenvalue weighted by molar-refractivity contribution is 5.90. The van der Waals surface area contributed by atoms with Crippen molar-refractivity contribution in [2.24, 2.45) is 5.10 Å². The van der Waals surface area contributed by atoms with Gasteiger partial charge in [0.15, 0.2) is 0 Å². The average molecular weight is 303 g/mol. The highest BCUT2D eigenvalue weighted by Crippen LogP contribution is 2.21. The maximum absolute atomic E-state index is 5.65. The van der Waals surface area contributed by atoms with Gasteiger partial charge in [-0.15, -0.1) is 0 Å². The fourth-order valence-corrected chi connectivity index (χ4v) is 2.15. The third-order valence-corrected chi connectivity index (χ3v) is 3.23. The van der Waals surface area contributed by atoms with Crippen LogP contribution in [0, 0.1) is 0 Å². The molecule has 23 heavy (non-hydrogen) atoms. The van der Waals surface area contributed by atoms with Gasteiger partial charge in [-0.1, -0.05) is 49.1 Å². The zero-order valence-corrected chi connectivity index (χ0v) is 12.6. The molecule has 0 saturated carbocycles. The Morgan fingerprint density at radius 2 is 1.87 bits per heavy atom. The van der Waals surface area contributed by atoms with Gasteiger partial charge in [0.1, 0.15) is 6.61 Å². The van der Waals surface area contributed by atoms with E-state index < -0.39 is 0 Å². The predicted molar refractivity (Wildman–Crippen MR) is 95.1 cm³/mol. The largest absolute Gasteiger partial charge is 0.473 e. The van der Waals surface area contributed by atoms with Crippen LogP contribution in [0.1, 0.15) is 5.56 Å². The Morgan fingerprint density at radius 1 is 1.09 bits per heavy atom. The lowest BCUT2D eigenvalue weighted by Gasteiger charge is -2.08. The number of hydrazone groups is 1. The van der Waals surface area contributed by atoms with E-state index in [1.165, 1.54) is 0 Å². The van der Waals surface area contributed by atoms with E-state index in [2.05, 4.69) is 22.1 Å². The highest BCUT2D eigenvalue weighted by Gasteiger charge is 2.06. The molecule has 0 unspecified atom stereocenters. The van der Waals surface area contributed by atoms with Crippen LogP contribution in [-0.2, 0) is 0 Å². The first-order chi connectivity index (χ1) is 11.4. The van der Waals surface area contributed by atoms with Crippen molar-refractivity contribution in [1.82, 2.24) is 4.98 Å². The normalized spacial score (nSPS) is 10.8. The molecule has 3 rings (SSSR count). The van der Waals surface area contributed by atoms with E-state index in [-0.39, 0.29) is 0 Å². The van der Waals surface area contributed by atoms with E-state index >= 15 is 0 Å². The van der Waals surface area contributed by atoms with Crippen LogP contribution in [0.2, 0.25) is 0 Å². The van der Waals surface area contributed by atoms with E-state index in [9.17, 15) is 0 Å². The van der Waals surface area contributed by atoms with Gasteiger partial charge in [-0.2, -0.15) is 5.10 Å². The topological polar surface area (TPSA) is 46.5 Å². The van der Waals surface area contributed by atoms with Crippen molar-refractivity contribution in [3.05, 3.63) is 78.9 Å². The van der Waals surface area contributed by atoms with Crippen LogP contribution < -0.4 is 10.2 Å². The predicted octanol–water partition coefficient (Wildman–Crippen LogP) is 4.25. The Morgan fingerprint density at radius 3 is 2.70 bits per heavy atom. The fourth-order valence-electron chi connectivity index (χ4n) is 2.15. The molecule has 0 atom stereocenters. The molecule has 2 aromatic carbocycles. The van der Waals surface area contributed by atoms with Crippen LogP contribution in [0.4, 0.5) is 5.69 Å². The first kappa shape index (κ1) is 14.8. The number of rotatable bonds is 6. The number of nitrogens with zero attached hydrogens (tertiary/aromatic N) is 2. The zero-order chi connectivity index (χ0) is 15.9. The van der Waals surface area contributed by atoms with Crippen LogP contribution in [0.5, 0.6) is 5.88 Å². The minimum Gasteiger partial charge on any atom is -0.473 e. The molecule has 0 aliphatic heterocycles. The molecule has 0 aliphatic rings. The van der Waals surface area contributed by atoms with Crippen LogP contribution >= 0.6 is 0 Å². The number of hydrogen-bond donors (Lipinski definition) is 1. The number of aromatic nitrogens is 1. The molecule has 4 nitrogen and oxygen atoms in total. The lowest BCUT2D eigenvalue weighted by Crippen LogP contribution is -2.01. The van der Waals surface area contributed by atoms with Crippen LogP contribution in [-0.4, -0.2) is 17.8 Å². The number of ether oxygens (including phenoxy) is 1. The summed E-state index contributed by atoms with van der Waals surface area (Å²) in [5, 5.41) is 5.31. The van der Waals surface area contributed by atoms with Gasteiger partial charge < -0.3 is 4.74 Å². The number of fused-ring (bicyclic) bond motifs is 1. The summed E-state index contributed by atoms with van der Waals surface area (Å²) in [4.78, 5) is 4.55. The quantitative estimate of drug-likeness (QED) is 0.421. The van der Waals surface area contributed by atoms with Gasteiger partial charge in [0.2, 0.25) is 5.88 Å². The van der Waals surface area contributed by atoms with Crippen LogP contribution in [0.3, 0.4) is 0 Å². The Kier molecular flexibility index (Phi) is 4.64. The van der Waals surface area contributed by atoms with Gasteiger partial charge in [-0.25, -0.2) is 4.98 Å². The summed E-state index contributed by atoms with van der Waals surface area (Å²) in [6.07, 6.45) is 3.41. The summed E-state index contributed by atoms with van der Waals surface area (Å²) in [7, 11) is 0. The molecule has 0 amide bonds. The van der Waals surface area contributed by atoms with Crippen LogP contribution in [0.25, 0.3) is 10.9 Å². The van der Waals surface area contributed by atoms with E-state index in [1.54, 1.807) is 12.3 Å². The second-order valence-corrected chi connectivity index (χ2v) is 4.91. The molecule has 3 aromatic rings. The van der Waals surface area contributed by atoms with Crippen molar-refractivity contribution in [2.75, 3.05) is 12.0 Å². The number of pyridine rings is 1. The number of nitrogens with one attached hydrogen (secondary N) is 1. The lowest BCUT2D eigenvalue weighted by molar-refractivity contribution is 0.349. The molecule has 0 radical (unpaired) electrons. The van der Waals surface area contributed by atoms with Crippen molar-refractivity contribution in [3.8, 4) is 5.88 Å². The van der Waals surface area contributed by atoms with Crippen molar-refractivity contribution >= 4 is 22.8 Å². The van der Waals surface area contributed by atoms with Crippen molar-refractivity contribution in [1.29, 1.82) is 0 Å². The SMILES string of the molecule is C=CCOc1nc2ccccc2cc1/C=N/Nc1ccccc1. The number of hydrogen-bond acceptors (Lipinski definition) is 4. The monoisotopic (exact) mass is 303 g/mol. The van der Waals surface area contributed by atoms with Gasteiger partial charge in [0.25, 0.3) is 0 Å².